The number of carboxylic acids is 1. The van der Waals surface area contributed by atoms with Crippen molar-refractivity contribution in [2.45, 2.75) is 39.0 Å². The minimum absolute atomic E-state index is 0.0367. The predicted octanol–water partition coefficient (Wildman–Crippen LogP) is 2.56. The summed E-state index contributed by atoms with van der Waals surface area (Å²) in [4.78, 5) is 33.3. The van der Waals surface area contributed by atoms with Crippen molar-refractivity contribution in [2.24, 2.45) is 5.10 Å². The van der Waals surface area contributed by atoms with E-state index < -0.39 is 16.8 Å². The van der Waals surface area contributed by atoms with Crippen molar-refractivity contribution in [3.8, 4) is 0 Å². The number of hydrogen-bond acceptors (Lipinski definition) is 6. The molecule has 0 aliphatic rings. The van der Waals surface area contributed by atoms with Crippen molar-refractivity contribution >= 4 is 23.3 Å². The van der Waals surface area contributed by atoms with Crippen molar-refractivity contribution in [3.63, 3.8) is 0 Å². The molecule has 0 bridgehead atoms. The molecule has 2 rings (SSSR count). The van der Waals surface area contributed by atoms with Crippen LogP contribution in [0.25, 0.3) is 0 Å². The molecule has 0 spiro atoms. The Morgan fingerprint density at radius 2 is 1.52 bits per heavy atom. The lowest BCUT2D eigenvalue weighted by Gasteiger charge is -2.19. The third kappa shape index (κ3) is 6.24. The number of benzene rings is 2. The highest BCUT2D eigenvalue weighted by atomic mass is 16.6. The van der Waals surface area contributed by atoms with Gasteiger partial charge in [0.05, 0.1) is 10.6 Å². The standard InChI is InChI=1S/C21H23N3O5/c1-21(2,3)16-8-4-14(5-9-16)18(12-13-19(25)26)22-23-20(27)15-6-10-17(11-7-15)24(28)29/h4-11H,12-13H2,1-3H3,(H,23,27)(H,25,26)/p-1/b22-18-. The Kier molecular flexibility index (Phi) is 6.82. The lowest BCUT2D eigenvalue weighted by atomic mass is 9.86. The van der Waals surface area contributed by atoms with Gasteiger partial charge in [0.25, 0.3) is 11.6 Å². The molecular weight excluding hydrogens is 374 g/mol. The highest BCUT2D eigenvalue weighted by Crippen LogP contribution is 2.22. The second kappa shape index (κ2) is 9.09. The van der Waals surface area contributed by atoms with Gasteiger partial charge in [-0.2, -0.15) is 5.10 Å². The fraction of sp³-hybridized carbons (Fsp3) is 0.286. The summed E-state index contributed by atoms with van der Waals surface area (Å²) in [6, 6.07) is 12.6. The van der Waals surface area contributed by atoms with E-state index in [4.69, 9.17) is 0 Å². The van der Waals surface area contributed by atoms with Crippen LogP contribution in [0, 0.1) is 10.1 Å². The topological polar surface area (TPSA) is 125 Å². The van der Waals surface area contributed by atoms with Gasteiger partial charge in [0.1, 0.15) is 0 Å². The van der Waals surface area contributed by atoms with Crippen LogP contribution in [0.5, 0.6) is 0 Å². The Labute approximate surface area is 168 Å². The molecule has 0 saturated carbocycles. The number of rotatable bonds is 7. The first kappa shape index (κ1) is 21.7. The number of hydrazone groups is 1. The number of carbonyl (C=O) groups is 2. The molecule has 0 aliphatic heterocycles. The third-order valence-electron chi connectivity index (χ3n) is 4.28. The first-order chi connectivity index (χ1) is 13.6. The van der Waals surface area contributed by atoms with E-state index in [1.165, 1.54) is 24.3 Å². The largest absolute Gasteiger partial charge is 0.550 e. The molecule has 2 aromatic rings. The monoisotopic (exact) mass is 396 g/mol. The zero-order valence-corrected chi connectivity index (χ0v) is 16.5. The van der Waals surface area contributed by atoms with Crippen LogP contribution >= 0.6 is 0 Å². The van der Waals surface area contributed by atoms with E-state index in [9.17, 15) is 24.8 Å². The second-order valence-corrected chi connectivity index (χ2v) is 7.50. The zero-order chi connectivity index (χ0) is 21.6. The van der Waals surface area contributed by atoms with Crippen LogP contribution in [-0.4, -0.2) is 22.5 Å². The summed E-state index contributed by atoms with van der Waals surface area (Å²) < 4.78 is 0. The highest BCUT2D eigenvalue weighted by Gasteiger charge is 2.14. The minimum Gasteiger partial charge on any atom is -0.550 e. The molecule has 0 radical (unpaired) electrons. The zero-order valence-electron chi connectivity index (χ0n) is 16.5. The summed E-state index contributed by atoms with van der Waals surface area (Å²) in [7, 11) is 0. The quantitative estimate of drug-likeness (QED) is 0.437. The average molecular weight is 396 g/mol. The molecule has 0 aromatic heterocycles. The van der Waals surface area contributed by atoms with Gasteiger partial charge in [-0.05, 0) is 41.5 Å². The molecule has 29 heavy (non-hydrogen) atoms. The molecule has 0 saturated heterocycles. The van der Waals surface area contributed by atoms with Gasteiger partial charge in [-0.3, -0.25) is 14.9 Å². The number of aliphatic carboxylic acids is 1. The summed E-state index contributed by atoms with van der Waals surface area (Å²) in [5, 5.41) is 25.6. The number of hydrogen-bond donors (Lipinski definition) is 1. The lowest BCUT2D eigenvalue weighted by molar-refractivity contribution is -0.384. The molecule has 1 amide bonds. The van der Waals surface area contributed by atoms with Crippen LogP contribution in [0.2, 0.25) is 0 Å². The summed E-state index contributed by atoms with van der Waals surface area (Å²) in [5.41, 5.74) is 4.60. The third-order valence-corrected chi connectivity index (χ3v) is 4.28. The average Bonchev–Trinajstić information content (AvgIpc) is 2.67. The van der Waals surface area contributed by atoms with Crippen LogP contribution in [0.15, 0.2) is 53.6 Å². The molecule has 2 aromatic carbocycles. The van der Waals surface area contributed by atoms with Crippen LogP contribution in [0.4, 0.5) is 5.69 Å². The first-order valence-corrected chi connectivity index (χ1v) is 9.00. The Balaban J connectivity index is 2.22. The normalized spacial score (nSPS) is 11.8. The van der Waals surface area contributed by atoms with Crippen LogP contribution in [-0.2, 0) is 10.2 Å². The summed E-state index contributed by atoms with van der Waals surface area (Å²) >= 11 is 0. The maximum Gasteiger partial charge on any atom is 0.271 e. The van der Waals surface area contributed by atoms with Gasteiger partial charge in [0.15, 0.2) is 0 Å². The molecule has 8 nitrogen and oxygen atoms in total. The van der Waals surface area contributed by atoms with E-state index >= 15 is 0 Å². The Morgan fingerprint density at radius 1 is 0.966 bits per heavy atom. The number of nitrogens with one attached hydrogen (secondary N) is 1. The molecule has 8 heteroatoms. The van der Waals surface area contributed by atoms with Crippen molar-refractivity contribution in [1.29, 1.82) is 0 Å². The van der Waals surface area contributed by atoms with Gasteiger partial charge in [-0.1, -0.05) is 45.0 Å². The van der Waals surface area contributed by atoms with E-state index in [1.807, 2.05) is 24.3 Å². The van der Waals surface area contributed by atoms with Crippen molar-refractivity contribution in [1.82, 2.24) is 5.43 Å². The van der Waals surface area contributed by atoms with E-state index in [0.717, 1.165) is 5.56 Å². The first-order valence-electron chi connectivity index (χ1n) is 9.00. The summed E-state index contributed by atoms with van der Waals surface area (Å²) in [6.45, 7) is 6.24. The highest BCUT2D eigenvalue weighted by molar-refractivity contribution is 6.03. The second-order valence-electron chi connectivity index (χ2n) is 7.50. The number of nitro groups is 1. The molecule has 1 N–H and O–H groups in total. The Hall–Kier alpha value is -3.55. The fourth-order valence-corrected chi connectivity index (χ4v) is 2.57. The minimum atomic E-state index is -1.22. The van der Waals surface area contributed by atoms with Gasteiger partial charge in [-0.25, -0.2) is 5.43 Å². The molecule has 0 aliphatic carbocycles. The van der Waals surface area contributed by atoms with Crippen molar-refractivity contribution < 1.29 is 19.6 Å². The molecule has 0 unspecified atom stereocenters. The van der Waals surface area contributed by atoms with Gasteiger partial charge >= 0.3 is 0 Å². The Morgan fingerprint density at radius 3 is 2.00 bits per heavy atom. The molecule has 0 fully saturated rings. The van der Waals surface area contributed by atoms with E-state index in [2.05, 4.69) is 31.3 Å². The van der Waals surface area contributed by atoms with Gasteiger partial charge in [-0.15, -0.1) is 0 Å². The van der Waals surface area contributed by atoms with Crippen LogP contribution < -0.4 is 10.5 Å². The van der Waals surface area contributed by atoms with E-state index in [1.54, 1.807) is 0 Å². The summed E-state index contributed by atoms with van der Waals surface area (Å²) in [5.74, 6) is -1.78. The SMILES string of the molecule is CC(C)(C)c1ccc(/C(CCC(=O)[O-])=N\NC(=O)c2ccc([N+](=O)[O-])cc2)cc1. The van der Waals surface area contributed by atoms with E-state index in [-0.39, 0.29) is 29.5 Å². The lowest BCUT2D eigenvalue weighted by Crippen LogP contribution is -2.24. The van der Waals surface area contributed by atoms with Gasteiger partial charge in [0.2, 0.25) is 0 Å². The molecule has 0 heterocycles. The maximum absolute atomic E-state index is 12.3. The van der Waals surface area contributed by atoms with Crippen LogP contribution in [0.3, 0.4) is 0 Å². The van der Waals surface area contributed by atoms with Gasteiger partial charge < -0.3 is 9.90 Å². The van der Waals surface area contributed by atoms with Crippen molar-refractivity contribution in [2.75, 3.05) is 0 Å². The van der Waals surface area contributed by atoms with Gasteiger partial charge in [0, 0.05) is 23.7 Å². The number of non-ortho nitro benzene ring substituents is 1. The summed E-state index contributed by atoms with van der Waals surface area (Å²) in [6.07, 6.45) is -0.162. The maximum atomic E-state index is 12.3. The van der Waals surface area contributed by atoms with E-state index in [0.29, 0.717) is 11.3 Å². The number of nitrogens with zero attached hydrogens (tertiary/aromatic N) is 2. The molecule has 0 atom stereocenters. The van der Waals surface area contributed by atoms with Crippen LogP contribution in [0.1, 0.15) is 55.1 Å². The number of carbonyl (C=O) groups excluding carboxylic acids is 2. The predicted molar refractivity (Wildman–Crippen MR) is 106 cm³/mol. The number of carboxylic acid groups (broad SMARTS) is 1. The molecular formula is C21H22N3O5-. The number of nitro benzene ring substituents is 1. The smallest absolute Gasteiger partial charge is 0.271 e. The fourth-order valence-electron chi connectivity index (χ4n) is 2.57. The number of amides is 1. The Bertz CT molecular complexity index is 926. The molecule has 152 valence electrons. The van der Waals surface area contributed by atoms with Crippen molar-refractivity contribution in [3.05, 3.63) is 75.3 Å².